The fraction of sp³-hybridized carbons (Fsp3) is 0.647. The van der Waals surface area contributed by atoms with Crippen LogP contribution in [0.25, 0.3) is 0 Å². The first kappa shape index (κ1) is 13.1. The SMILES string of the molecule is O=C(NC1CCN(c2ccccn2)CC1)C1CC2CC2C1. The molecule has 0 radical (unpaired) electrons. The van der Waals surface area contributed by atoms with Crippen molar-refractivity contribution in [2.45, 2.75) is 38.1 Å². The van der Waals surface area contributed by atoms with Crippen LogP contribution in [0.2, 0.25) is 0 Å². The van der Waals surface area contributed by atoms with E-state index in [0.29, 0.717) is 17.9 Å². The van der Waals surface area contributed by atoms with Gasteiger partial charge in [-0.2, -0.15) is 0 Å². The number of rotatable bonds is 3. The Balaban J connectivity index is 1.26. The number of hydrogen-bond acceptors (Lipinski definition) is 3. The molecular weight excluding hydrogens is 262 g/mol. The normalized spacial score (nSPS) is 31.8. The lowest BCUT2D eigenvalue weighted by molar-refractivity contribution is -0.126. The quantitative estimate of drug-likeness (QED) is 0.926. The van der Waals surface area contributed by atoms with Crippen LogP contribution >= 0.6 is 0 Å². The van der Waals surface area contributed by atoms with Gasteiger partial charge in [0.05, 0.1) is 0 Å². The van der Waals surface area contributed by atoms with Crippen molar-refractivity contribution in [2.75, 3.05) is 18.0 Å². The molecular formula is C17H23N3O. The number of nitrogens with one attached hydrogen (secondary N) is 1. The van der Waals surface area contributed by atoms with Crippen LogP contribution < -0.4 is 10.2 Å². The van der Waals surface area contributed by atoms with E-state index in [1.54, 1.807) is 0 Å². The van der Waals surface area contributed by atoms with Crippen molar-refractivity contribution in [3.05, 3.63) is 24.4 Å². The van der Waals surface area contributed by atoms with Gasteiger partial charge in [0.15, 0.2) is 0 Å². The van der Waals surface area contributed by atoms with Crippen LogP contribution in [0.5, 0.6) is 0 Å². The summed E-state index contributed by atoms with van der Waals surface area (Å²) in [5.74, 6) is 3.44. The third-order valence-corrected chi connectivity index (χ3v) is 5.43. The predicted molar refractivity (Wildman–Crippen MR) is 81.9 cm³/mol. The molecule has 1 aromatic heterocycles. The molecule has 4 heteroatoms. The van der Waals surface area contributed by atoms with Crippen LogP contribution in [0.3, 0.4) is 0 Å². The fourth-order valence-corrected chi connectivity index (χ4v) is 4.04. The molecule has 2 aliphatic carbocycles. The smallest absolute Gasteiger partial charge is 0.223 e. The highest BCUT2D eigenvalue weighted by Crippen LogP contribution is 2.54. The molecule has 2 atom stereocenters. The van der Waals surface area contributed by atoms with E-state index in [1.165, 1.54) is 6.42 Å². The Morgan fingerprint density at radius 3 is 2.57 bits per heavy atom. The lowest BCUT2D eigenvalue weighted by Crippen LogP contribution is -2.46. The minimum Gasteiger partial charge on any atom is -0.356 e. The lowest BCUT2D eigenvalue weighted by atomic mass is 10.00. The third-order valence-electron chi connectivity index (χ3n) is 5.43. The number of hydrogen-bond donors (Lipinski definition) is 1. The zero-order valence-corrected chi connectivity index (χ0v) is 12.4. The first-order chi connectivity index (χ1) is 10.3. The number of aromatic nitrogens is 1. The van der Waals surface area contributed by atoms with Gasteiger partial charge in [-0.3, -0.25) is 4.79 Å². The fourth-order valence-electron chi connectivity index (χ4n) is 4.04. The van der Waals surface area contributed by atoms with E-state index < -0.39 is 0 Å². The van der Waals surface area contributed by atoms with Gasteiger partial charge in [0.25, 0.3) is 0 Å². The zero-order chi connectivity index (χ0) is 14.2. The summed E-state index contributed by atoms with van der Waals surface area (Å²) in [5, 5.41) is 3.29. The maximum Gasteiger partial charge on any atom is 0.223 e. The number of fused-ring (bicyclic) bond motifs is 1. The Bertz CT molecular complexity index is 500. The van der Waals surface area contributed by atoms with Gasteiger partial charge in [-0.05, 0) is 56.1 Å². The second kappa shape index (κ2) is 5.32. The molecule has 1 aliphatic heterocycles. The van der Waals surface area contributed by atoms with Gasteiger partial charge >= 0.3 is 0 Å². The van der Waals surface area contributed by atoms with Gasteiger partial charge in [-0.15, -0.1) is 0 Å². The molecule has 112 valence electrons. The van der Waals surface area contributed by atoms with Gasteiger partial charge in [0.2, 0.25) is 5.91 Å². The molecule has 4 rings (SSSR count). The highest BCUT2D eigenvalue weighted by molar-refractivity contribution is 5.79. The first-order valence-electron chi connectivity index (χ1n) is 8.26. The Labute approximate surface area is 125 Å². The van der Waals surface area contributed by atoms with Gasteiger partial charge in [0.1, 0.15) is 5.82 Å². The maximum atomic E-state index is 12.3. The van der Waals surface area contributed by atoms with Gasteiger partial charge < -0.3 is 10.2 Å². The van der Waals surface area contributed by atoms with Crippen LogP contribution in [-0.2, 0) is 4.79 Å². The highest BCUT2D eigenvalue weighted by Gasteiger charge is 2.48. The molecule has 1 N–H and O–H groups in total. The van der Waals surface area contributed by atoms with E-state index in [-0.39, 0.29) is 0 Å². The average molecular weight is 285 g/mol. The van der Waals surface area contributed by atoms with E-state index in [4.69, 9.17) is 0 Å². The van der Waals surface area contributed by atoms with E-state index in [0.717, 1.165) is 56.4 Å². The molecule has 1 saturated heterocycles. The van der Waals surface area contributed by atoms with Gasteiger partial charge in [-0.1, -0.05) is 6.07 Å². The Morgan fingerprint density at radius 2 is 1.90 bits per heavy atom. The topological polar surface area (TPSA) is 45.2 Å². The molecule has 1 amide bonds. The van der Waals surface area contributed by atoms with E-state index in [2.05, 4.69) is 21.3 Å². The summed E-state index contributed by atoms with van der Waals surface area (Å²) < 4.78 is 0. The molecule has 2 heterocycles. The molecule has 4 nitrogen and oxygen atoms in total. The number of nitrogens with zero attached hydrogens (tertiary/aromatic N) is 2. The Morgan fingerprint density at radius 1 is 1.14 bits per heavy atom. The van der Waals surface area contributed by atoms with Crippen molar-refractivity contribution in [1.82, 2.24) is 10.3 Å². The molecule has 0 bridgehead atoms. The number of piperidine rings is 1. The van der Waals surface area contributed by atoms with Crippen molar-refractivity contribution in [3.63, 3.8) is 0 Å². The Hall–Kier alpha value is -1.58. The van der Waals surface area contributed by atoms with Crippen LogP contribution in [0.15, 0.2) is 24.4 Å². The number of carbonyl (C=O) groups is 1. The summed E-state index contributed by atoms with van der Waals surface area (Å²) in [6.07, 6.45) is 7.57. The molecule has 2 unspecified atom stereocenters. The molecule has 3 aliphatic rings. The largest absolute Gasteiger partial charge is 0.356 e. The summed E-state index contributed by atoms with van der Waals surface area (Å²) in [5.41, 5.74) is 0. The van der Waals surface area contributed by atoms with Crippen molar-refractivity contribution in [1.29, 1.82) is 0 Å². The monoisotopic (exact) mass is 285 g/mol. The van der Waals surface area contributed by atoms with Crippen LogP contribution in [0, 0.1) is 17.8 Å². The second-order valence-corrected chi connectivity index (χ2v) is 6.88. The Kier molecular flexibility index (Phi) is 3.32. The highest BCUT2D eigenvalue weighted by atomic mass is 16.2. The minimum atomic E-state index is 0.308. The average Bonchev–Trinajstić information content (AvgIpc) is 3.15. The first-order valence-corrected chi connectivity index (χ1v) is 8.26. The van der Waals surface area contributed by atoms with E-state index >= 15 is 0 Å². The van der Waals surface area contributed by atoms with Crippen LogP contribution in [0.1, 0.15) is 32.1 Å². The molecule has 2 saturated carbocycles. The van der Waals surface area contributed by atoms with Crippen LogP contribution in [0.4, 0.5) is 5.82 Å². The van der Waals surface area contributed by atoms with Gasteiger partial charge in [-0.25, -0.2) is 4.98 Å². The van der Waals surface area contributed by atoms with Gasteiger partial charge in [0, 0.05) is 31.2 Å². The molecule has 3 fully saturated rings. The summed E-state index contributed by atoms with van der Waals surface area (Å²) >= 11 is 0. The lowest BCUT2D eigenvalue weighted by Gasteiger charge is -2.33. The van der Waals surface area contributed by atoms with Crippen molar-refractivity contribution < 1.29 is 4.79 Å². The number of anilines is 1. The second-order valence-electron chi connectivity index (χ2n) is 6.88. The van der Waals surface area contributed by atoms with Crippen molar-refractivity contribution in [3.8, 4) is 0 Å². The molecule has 0 aromatic carbocycles. The molecule has 1 aromatic rings. The maximum absolute atomic E-state index is 12.3. The number of carbonyl (C=O) groups excluding carboxylic acids is 1. The molecule has 21 heavy (non-hydrogen) atoms. The third kappa shape index (κ3) is 2.76. The summed E-state index contributed by atoms with van der Waals surface area (Å²) in [6, 6.07) is 6.39. The standard InChI is InChI=1S/C17H23N3O/c21-17(14-10-12-9-13(12)11-14)19-15-4-7-20(8-5-15)16-3-1-2-6-18-16/h1-3,6,12-15H,4-5,7-11H2,(H,19,21). The minimum absolute atomic E-state index is 0.308. The van der Waals surface area contributed by atoms with E-state index in [1.807, 2.05) is 18.3 Å². The number of pyridine rings is 1. The number of amides is 1. The van der Waals surface area contributed by atoms with Crippen molar-refractivity contribution in [2.24, 2.45) is 17.8 Å². The predicted octanol–water partition coefficient (Wildman–Crippen LogP) is 2.21. The van der Waals surface area contributed by atoms with Crippen molar-refractivity contribution >= 4 is 11.7 Å². The zero-order valence-electron chi connectivity index (χ0n) is 12.4. The summed E-state index contributed by atoms with van der Waals surface area (Å²) in [6.45, 7) is 1.97. The summed E-state index contributed by atoms with van der Waals surface area (Å²) in [4.78, 5) is 19.0. The summed E-state index contributed by atoms with van der Waals surface area (Å²) in [7, 11) is 0. The van der Waals surface area contributed by atoms with E-state index in [9.17, 15) is 4.79 Å². The molecule has 0 spiro atoms. The van der Waals surface area contributed by atoms with Crippen LogP contribution in [-0.4, -0.2) is 30.0 Å².